The van der Waals surface area contributed by atoms with E-state index in [1.807, 2.05) is 30.3 Å². The normalized spacial score (nSPS) is 14.9. The molecule has 6 nitrogen and oxygen atoms in total. The van der Waals surface area contributed by atoms with Gasteiger partial charge in [0.25, 0.3) is 0 Å². The number of likely N-dealkylation sites (tertiary alicyclic amines) is 1. The van der Waals surface area contributed by atoms with Crippen LogP contribution >= 0.6 is 0 Å². The summed E-state index contributed by atoms with van der Waals surface area (Å²) >= 11 is 0. The smallest absolute Gasteiger partial charge is 0.321 e. The number of hydrogen-bond donors (Lipinski definition) is 1. The van der Waals surface area contributed by atoms with Crippen LogP contribution in [-0.2, 0) is 0 Å². The third-order valence-corrected chi connectivity index (χ3v) is 4.70. The number of amides is 2. The third-order valence-electron chi connectivity index (χ3n) is 4.70. The lowest BCUT2D eigenvalue weighted by Crippen LogP contribution is -2.40. The number of halogens is 1. The number of rotatable bonds is 3. The van der Waals surface area contributed by atoms with E-state index in [-0.39, 0.29) is 17.8 Å². The molecule has 0 atom stereocenters. The highest BCUT2D eigenvalue weighted by Crippen LogP contribution is 2.28. The number of carbonyl (C=O) groups excluding carboxylic acids is 1. The first-order valence-electron chi connectivity index (χ1n) is 8.89. The molecule has 1 N–H and O–H groups in total. The fraction of sp³-hybridized carbons (Fsp3) is 0.250. The molecule has 1 aromatic heterocycles. The summed E-state index contributed by atoms with van der Waals surface area (Å²) in [5, 5.41) is 6.86. The van der Waals surface area contributed by atoms with Crippen molar-refractivity contribution in [3.05, 3.63) is 66.3 Å². The Labute approximate surface area is 156 Å². The van der Waals surface area contributed by atoms with Crippen LogP contribution in [0.15, 0.2) is 59.1 Å². The molecular weight excluding hydrogens is 347 g/mol. The van der Waals surface area contributed by atoms with Gasteiger partial charge in [-0.3, -0.25) is 0 Å². The Bertz CT molecular complexity index is 903. The Morgan fingerprint density at radius 2 is 1.78 bits per heavy atom. The van der Waals surface area contributed by atoms with Gasteiger partial charge in [-0.15, -0.1) is 0 Å². The van der Waals surface area contributed by atoms with E-state index in [4.69, 9.17) is 4.52 Å². The molecule has 27 heavy (non-hydrogen) atoms. The molecule has 2 amide bonds. The molecule has 3 aromatic rings. The molecule has 2 heterocycles. The third kappa shape index (κ3) is 3.97. The zero-order chi connectivity index (χ0) is 18.6. The molecule has 0 spiro atoms. The molecule has 0 aliphatic carbocycles. The Kier molecular flexibility index (Phi) is 4.82. The monoisotopic (exact) mass is 366 g/mol. The Morgan fingerprint density at radius 1 is 1.07 bits per heavy atom. The standard InChI is InChI=1S/C20H19FN4O2/c21-16-6-8-17(9-7-16)22-20(26)25-12-10-15(11-13-25)19-23-18(24-27-19)14-4-2-1-3-5-14/h1-9,15H,10-13H2,(H,22,26). The molecule has 138 valence electrons. The number of hydrogen-bond acceptors (Lipinski definition) is 4. The van der Waals surface area contributed by atoms with Gasteiger partial charge in [-0.1, -0.05) is 35.5 Å². The highest BCUT2D eigenvalue weighted by atomic mass is 19.1. The zero-order valence-corrected chi connectivity index (χ0v) is 14.6. The molecule has 0 unspecified atom stereocenters. The molecule has 1 aliphatic heterocycles. The van der Waals surface area contributed by atoms with Crippen LogP contribution in [0.5, 0.6) is 0 Å². The second-order valence-corrected chi connectivity index (χ2v) is 6.52. The Morgan fingerprint density at radius 3 is 2.48 bits per heavy atom. The van der Waals surface area contributed by atoms with Crippen molar-refractivity contribution < 1.29 is 13.7 Å². The topological polar surface area (TPSA) is 71.3 Å². The van der Waals surface area contributed by atoms with Crippen LogP contribution in [0.2, 0.25) is 0 Å². The molecule has 1 saturated heterocycles. The van der Waals surface area contributed by atoms with E-state index in [1.165, 1.54) is 12.1 Å². The van der Waals surface area contributed by atoms with Crippen molar-refractivity contribution in [3.8, 4) is 11.4 Å². The lowest BCUT2D eigenvalue weighted by molar-refractivity contribution is 0.187. The number of anilines is 1. The molecule has 1 fully saturated rings. The van der Waals surface area contributed by atoms with E-state index in [1.54, 1.807) is 17.0 Å². The van der Waals surface area contributed by atoms with Gasteiger partial charge in [0.2, 0.25) is 11.7 Å². The first-order chi connectivity index (χ1) is 13.2. The van der Waals surface area contributed by atoms with E-state index in [9.17, 15) is 9.18 Å². The lowest BCUT2D eigenvalue weighted by atomic mass is 9.97. The van der Waals surface area contributed by atoms with Crippen LogP contribution < -0.4 is 5.32 Å². The molecular formula is C20H19FN4O2. The molecule has 1 aliphatic rings. The molecule has 0 radical (unpaired) electrons. The summed E-state index contributed by atoms with van der Waals surface area (Å²) in [6.07, 6.45) is 1.51. The number of aromatic nitrogens is 2. The van der Waals surface area contributed by atoms with Crippen LogP contribution in [0.1, 0.15) is 24.7 Å². The molecule has 0 saturated carbocycles. The number of urea groups is 1. The van der Waals surface area contributed by atoms with Crippen LogP contribution in [0.3, 0.4) is 0 Å². The van der Waals surface area contributed by atoms with Crippen LogP contribution in [0, 0.1) is 5.82 Å². The van der Waals surface area contributed by atoms with Gasteiger partial charge in [0.1, 0.15) is 5.82 Å². The second-order valence-electron chi connectivity index (χ2n) is 6.52. The number of nitrogens with one attached hydrogen (secondary N) is 1. The van der Waals surface area contributed by atoms with Crippen molar-refractivity contribution in [2.45, 2.75) is 18.8 Å². The van der Waals surface area contributed by atoms with Crippen molar-refractivity contribution >= 4 is 11.7 Å². The fourth-order valence-electron chi connectivity index (χ4n) is 3.17. The number of nitrogens with zero attached hydrogens (tertiary/aromatic N) is 3. The van der Waals surface area contributed by atoms with E-state index in [0.717, 1.165) is 18.4 Å². The average molecular weight is 366 g/mol. The van der Waals surface area contributed by atoms with Crippen LogP contribution in [0.25, 0.3) is 11.4 Å². The van der Waals surface area contributed by atoms with Crippen molar-refractivity contribution in [1.29, 1.82) is 0 Å². The second kappa shape index (κ2) is 7.57. The van der Waals surface area contributed by atoms with Gasteiger partial charge in [-0.2, -0.15) is 4.98 Å². The maximum atomic E-state index is 13.0. The predicted octanol–water partition coefficient (Wildman–Crippen LogP) is 4.29. The van der Waals surface area contributed by atoms with E-state index >= 15 is 0 Å². The molecule has 2 aromatic carbocycles. The van der Waals surface area contributed by atoms with Gasteiger partial charge < -0.3 is 14.7 Å². The Hall–Kier alpha value is -3.22. The van der Waals surface area contributed by atoms with Gasteiger partial charge in [-0.05, 0) is 37.1 Å². The minimum Gasteiger partial charge on any atom is -0.339 e. The van der Waals surface area contributed by atoms with Crippen molar-refractivity contribution in [3.63, 3.8) is 0 Å². The lowest BCUT2D eigenvalue weighted by Gasteiger charge is -2.30. The summed E-state index contributed by atoms with van der Waals surface area (Å²) in [5.41, 5.74) is 1.50. The summed E-state index contributed by atoms with van der Waals surface area (Å²) in [6, 6.07) is 15.2. The Balaban J connectivity index is 1.34. The van der Waals surface area contributed by atoms with Crippen molar-refractivity contribution in [1.82, 2.24) is 15.0 Å². The summed E-state index contributed by atoms with van der Waals surface area (Å²) < 4.78 is 18.4. The van der Waals surface area contributed by atoms with Gasteiger partial charge in [-0.25, -0.2) is 9.18 Å². The largest absolute Gasteiger partial charge is 0.339 e. The van der Waals surface area contributed by atoms with Gasteiger partial charge in [0.05, 0.1) is 0 Å². The molecule has 4 rings (SSSR count). The summed E-state index contributed by atoms with van der Waals surface area (Å²) in [5.74, 6) is 1.02. The van der Waals surface area contributed by atoms with Crippen LogP contribution in [-0.4, -0.2) is 34.2 Å². The fourth-order valence-corrected chi connectivity index (χ4v) is 3.17. The quantitative estimate of drug-likeness (QED) is 0.751. The van der Waals surface area contributed by atoms with Gasteiger partial charge in [0, 0.05) is 30.3 Å². The first-order valence-corrected chi connectivity index (χ1v) is 8.89. The van der Waals surface area contributed by atoms with Crippen LogP contribution in [0.4, 0.5) is 14.9 Å². The summed E-state index contributed by atoms with van der Waals surface area (Å²) in [6.45, 7) is 1.20. The van der Waals surface area contributed by atoms with E-state index in [2.05, 4.69) is 15.5 Å². The van der Waals surface area contributed by atoms with Crippen molar-refractivity contribution in [2.24, 2.45) is 0 Å². The zero-order valence-electron chi connectivity index (χ0n) is 14.6. The highest BCUT2D eigenvalue weighted by Gasteiger charge is 2.27. The minimum absolute atomic E-state index is 0.143. The van der Waals surface area contributed by atoms with E-state index in [0.29, 0.717) is 30.5 Å². The summed E-state index contributed by atoms with van der Waals surface area (Å²) in [7, 11) is 0. The first kappa shape index (κ1) is 17.2. The SMILES string of the molecule is O=C(Nc1ccc(F)cc1)N1CCC(c2nc(-c3ccccc3)no2)CC1. The number of carbonyl (C=O) groups is 1. The maximum Gasteiger partial charge on any atom is 0.321 e. The molecule has 7 heteroatoms. The molecule has 0 bridgehead atoms. The van der Waals surface area contributed by atoms with Crippen molar-refractivity contribution in [2.75, 3.05) is 18.4 Å². The maximum absolute atomic E-state index is 13.0. The van der Waals surface area contributed by atoms with E-state index < -0.39 is 0 Å². The number of piperidine rings is 1. The minimum atomic E-state index is -0.330. The van der Waals surface area contributed by atoms with Gasteiger partial charge in [0.15, 0.2) is 0 Å². The highest BCUT2D eigenvalue weighted by molar-refractivity contribution is 5.89. The van der Waals surface area contributed by atoms with Gasteiger partial charge >= 0.3 is 6.03 Å². The number of benzene rings is 2. The summed E-state index contributed by atoms with van der Waals surface area (Å²) in [4.78, 5) is 18.6. The predicted molar refractivity (Wildman–Crippen MR) is 98.7 cm³/mol. The average Bonchev–Trinajstić information content (AvgIpc) is 3.21.